The fourth-order valence-corrected chi connectivity index (χ4v) is 3.77. The topological polar surface area (TPSA) is 62.6 Å². The fraction of sp³-hybridized carbons (Fsp3) is 0.476. The van der Waals surface area contributed by atoms with E-state index in [1.165, 1.54) is 0 Å². The van der Waals surface area contributed by atoms with Crippen LogP contribution in [0.15, 0.2) is 24.3 Å². The molecule has 0 spiro atoms. The van der Waals surface area contributed by atoms with Crippen molar-refractivity contribution in [1.82, 2.24) is 19.8 Å². The van der Waals surface area contributed by atoms with E-state index in [9.17, 15) is 0 Å². The molecule has 0 radical (unpaired) electrons. The van der Waals surface area contributed by atoms with Crippen LogP contribution in [0.1, 0.15) is 18.3 Å². The highest BCUT2D eigenvalue weighted by Crippen LogP contribution is 2.27. The van der Waals surface area contributed by atoms with Crippen molar-refractivity contribution in [3.05, 3.63) is 45.7 Å². The molecule has 30 heavy (non-hydrogen) atoms. The van der Waals surface area contributed by atoms with Gasteiger partial charge in [-0.05, 0) is 37.7 Å². The van der Waals surface area contributed by atoms with Crippen LogP contribution in [-0.2, 0) is 6.54 Å². The van der Waals surface area contributed by atoms with Gasteiger partial charge in [-0.15, -0.1) is 0 Å². The van der Waals surface area contributed by atoms with Crippen LogP contribution in [0, 0.1) is 12.3 Å². The van der Waals surface area contributed by atoms with Crippen molar-refractivity contribution in [2.24, 2.45) is 0 Å². The molecule has 0 atom stereocenters. The molecule has 2 aromatic rings. The lowest BCUT2D eigenvalue weighted by atomic mass is 10.2. The van der Waals surface area contributed by atoms with Gasteiger partial charge in [0, 0.05) is 58.2 Å². The molecule has 1 aromatic carbocycles. The predicted octanol–water partition coefficient (Wildman–Crippen LogP) is 3.74. The predicted molar refractivity (Wildman–Crippen MR) is 125 cm³/mol. The van der Waals surface area contributed by atoms with Crippen LogP contribution in [0.5, 0.6) is 0 Å². The minimum absolute atomic E-state index is 0.237. The number of nitrogens with one attached hydrogen (secondary N) is 1. The molecular weight excluding hydrogens is 421 g/mol. The molecule has 1 saturated heterocycles. The number of likely N-dealkylation sites (N-methyl/N-ethyl adjacent to an activating group) is 1. The van der Waals surface area contributed by atoms with Gasteiger partial charge in [-0.2, -0.15) is 0 Å². The second kappa shape index (κ2) is 9.92. The normalized spacial score (nSPS) is 15.3. The maximum atomic E-state index is 8.62. The summed E-state index contributed by atoms with van der Waals surface area (Å²) in [5, 5.41) is 9.56. The molecule has 162 valence electrons. The van der Waals surface area contributed by atoms with Crippen molar-refractivity contribution in [3.8, 4) is 0 Å². The number of halogens is 2. The summed E-state index contributed by atoms with van der Waals surface area (Å²) in [5.41, 5.74) is 2.63. The van der Waals surface area contributed by atoms with Gasteiger partial charge >= 0.3 is 0 Å². The minimum atomic E-state index is 0.237. The number of nitrogens with zero attached hydrogens (tertiary/aromatic N) is 6. The Balaban J connectivity index is 1.72. The minimum Gasteiger partial charge on any atom is -0.315 e. The Morgan fingerprint density at radius 2 is 1.67 bits per heavy atom. The third-order valence-corrected chi connectivity index (χ3v) is 6.16. The van der Waals surface area contributed by atoms with E-state index < -0.39 is 0 Å². The van der Waals surface area contributed by atoms with Crippen LogP contribution >= 0.6 is 23.2 Å². The van der Waals surface area contributed by atoms with Gasteiger partial charge in [0.1, 0.15) is 0 Å². The summed E-state index contributed by atoms with van der Waals surface area (Å²) in [6, 6.07) is 7.32. The fourth-order valence-electron chi connectivity index (χ4n) is 3.48. The lowest BCUT2D eigenvalue weighted by Gasteiger charge is -2.34. The van der Waals surface area contributed by atoms with Crippen LogP contribution in [0.2, 0.25) is 10.0 Å². The first kappa shape index (κ1) is 22.7. The van der Waals surface area contributed by atoms with E-state index in [0.717, 1.165) is 56.3 Å². The Hall–Kier alpha value is -1.93. The molecule has 0 saturated carbocycles. The van der Waals surface area contributed by atoms with E-state index in [-0.39, 0.29) is 5.96 Å². The summed E-state index contributed by atoms with van der Waals surface area (Å²) >= 11 is 12.1. The van der Waals surface area contributed by atoms with Crippen LogP contribution in [0.4, 0.5) is 11.6 Å². The van der Waals surface area contributed by atoms with Crippen molar-refractivity contribution in [3.63, 3.8) is 0 Å². The number of rotatable bonds is 5. The Kier molecular flexibility index (Phi) is 7.52. The van der Waals surface area contributed by atoms with E-state index in [1.54, 1.807) is 29.0 Å². The number of piperazine rings is 1. The van der Waals surface area contributed by atoms with Crippen LogP contribution in [0.3, 0.4) is 0 Å². The van der Waals surface area contributed by atoms with Crippen molar-refractivity contribution >= 4 is 40.8 Å². The van der Waals surface area contributed by atoms with E-state index >= 15 is 0 Å². The van der Waals surface area contributed by atoms with Gasteiger partial charge in [-0.3, -0.25) is 15.2 Å². The summed E-state index contributed by atoms with van der Waals surface area (Å²) in [4.78, 5) is 17.6. The summed E-state index contributed by atoms with van der Waals surface area (Å²) < 4.78 is 0. The second-order valence-corrected chi connectivity index (χ2v) is 8.37. The number of hydrogen-bond donors (Lipinski definition) is 1. The highest BCUT2D eigenvalue weighted by molar-refractivity contribution is 6.42. The first-order valence-corrected chi connectivity index (χ1v) is 10.8. The lowest BCUT2D eigenvalue weighted by molar-refractivity contribution is 0.131. The van der Waals surface area contributed by atoms with Gasteiger partial charge in [0.15, 0.2) is 0 Å². The summed E-state index contributed by atoms with van der Waals surface area (Å²) in [6.45, 7) is 10.3. The molecule has 0 amide bonds. The van der Waals surface area contributed by atoms with Gasteiger partial charge < -0.3 is 9.80 Å². The molecule has 0 unspecified atom stereocenters. The zero-order valence-corrected chi connectivity index (χ0v) is 19.5. The standard InChI is InChI=1S/C21H29Cl2N7/c1-5-29-8-10-30(11-9-29)14-16-12-15(2)25-21(26-16)28(4)20(24)27(3)17-6-7-18(22)19(23)13-17/h6-7,12-13,24H,5,8-11,14H2,1-4H3. The first-order chi connectivity index (χ1) is 14.3. The Labute approximate surface area is 188 Å². The van der Waals surface area contributed by atoms with Crippen LogP contribution in [-0.4, -0.2) is 72.5 Å². The number of aryl methyl sites for hydroxylation is 1. The molecule has 7 nitrogen and oxygen atoms in total. The Morgan fingerprint density at radius 3 is 2.30 bits per heavy atom. The highest BCUT2D eigenvalue weighted by atomic mass is 35.5. The SMILES string of the molecule is CCN1CCN(Cc2cc(C)nc(N(C)C(=N)N(C)c3ccc(Cl)c(Cl)c3)n2)CC1. The van der Waals surface area contributed by atoms with Gasteiger partial charge in [0.25, 0.3) is 0 Å². The monoisotopic (exact) mass is 449 g/mol. The number of anilines is 2. The summed E-state index contributed by atoms with van der Waals surface area (Å²) in [6.07, 6.45) is 0. The molecule has 1 aliphatic heterocycles. The van der Waals surface area contributed by atoms with Crippen molar-refractivity contribution in [2.75, 3.05) is 56.6 Å². The third kappa shape index (κ3) is 5.40. The van der Waals surface area contributed by atoms with Gasteiger partial charge in [0.05, 0.1) is 15.7 Å². The average molecular weight is 450 g/mol. The molecule has 2 heterocycles. The average Bonchev–Trinajstić information content (AvgIpc) is 2.74. The summed E-state index contributed by atoms with van der Waals surface area (Å²) in [5.74, 6) is 0.746. The molecular formula is C21H29Cl2N7. The van der Waals surface area contributed by atoms with Crippen molar-refractivity contribution in [2.45, 2.75) is 20.4 Å². The lowest BCUT2D eigenvalue weighted by Crippen LogP contribution is -2.45. The molecule has 0 bridgehead atoms. The quantitative estimate of drug-likeness (QED) is 0.553. The van der Waals surface area contributed by atoms with Gasteiger partial charge in [-0.1, -0.05) is 30.1 Å². The second-order valence-electron chi connectivity index (χ2n) is 7.55. The molecule has 1 fully saturated rings. The van der Waals surface area contributed by atoms with Crippen LogP contribution in [0.25, 0.3) is 0 Å². The van der Waals surface area contributed by atoms with Gasteiger partial charge in [0.2, 0.25) is 11.9 Å². The molecule has 9 heteroatoms. The largest absolute Gasteiger partial charge is 0.315 e. The maximum absolute atomic E-state index is 8.62. The number of guanidine groups is 1. The van der Waals surface area contributed by atoms with Gasteiger partial charge in [-0.25, -0.2) is 9.97 Å². The van der Waals surface area contributed by atoms with Crippen molar-refractivity contribution in [1.29, 1.82) is 5.41 Å². The zero-order chi connectivity index (χ0) is 21.8. The maximum Gasteiger partial charge on any atom is 0.232 e. The van der Waals surface area contributed by atoms with Crippen molar-refractivity contribution < 1.29 is 0 Å². The molecule has 1 aromatic heterocycles. The third-order valence-electron chi connectivity index (χ3n) is 5.42. The molecule has 1 N–H and O–H groups in total. The number of hydrogen-bond acceptors (Lipinski definition) is 5. The molecule has 0 aliphatic carbocycles. The van der Waals surface area contributed by atoms with E-state index in [0.29, 0.717) is 16.0 Å². The Bertz CT molecular complexity index is 897. The van der Waals surface area contributed by atoms with Crippen LogP contribution < -0.4 is 9.80 Å². The number of benzene rings is 1. The van der Waals surface area contributed by atoms with E-state index in [4.69, 9.17) is 33.6 Å². The highest BCUT2D eigenvalue weighted by Gasteiger charge is 2.20. The molecule has 1 aliphatic rings. The Morgan fingerprint density at radius 1 is 1.00 bits per heavy atom. The van der Waals surface area contributed by atoms with E-state index in [1.807, 2.05) is 26.1 Å². The smallest absolute Gasteiger partial charge is 0.232 e. The first-order valence-electron chi connectivity index (χ1n) is 10.1. The van der Waals surface area contributed by atoms with E-state index in [2.05, 4.69) is 21.7 Å². The number of aromatic nitrogens is 2. The summed E-state index contributed by atoms with van der Waals surface area (Å²) in [7, 11) is 3.61. The zero-order valence-electron chi connectivity index (χ0n) is 18.0. The molecule has 3 rings (SSSR count).